The highest BCUT2D eigenvalue weighted by molar-refractivity contribution is 6.18. The molecule has 3 aliphatic heterocycles. The highest BCUT2D eigenvalue weighted by Crippen LogP contribution is 2.57. The molecule has 192 valence electrons. The number of aliphatic hydroxyl groups is 1. The van der Waals surface area contributed by atoms with Crippen molar-refractivity contribution in [1.82, 2.24) is 0 Å². The van der Waals surface area contributed by atoms with E-state index in [1.165, 1.54) is 9.80 Å². The van der Waals surface area contributed by atoms with Crippen molar-refractivity contribution in [2.45, 2.75) is 62.9 Å². The topological polar surface area (TPSA) is 97.8 Å². The number of benzene rings is 2. The van der Waals surface area contributed by atoms with Crippen molar-refractivity contribution in [3.8, 4) is 5.75 Å². The van der Waals surface area contributed by atoms with E-state index in [1.54, 1.807) is 90.4 Å². The van der Waals surface area contributed by atoms with Gasteiger partial charge in [0.15, 0.2) is 5.79 Å². The molecule has 4 atom stereocenters. The van der Waals surface area contributed by atoms with Crippen LogP contribution in [0.1, 0.15) is 33.3 Å². The summed E-state index contributed by atoms with van der Waals surface area (Å²) in [4.78, 5) is 31.0. The highest BCUT2D eigenvalue weighted by Gasteiger charge is 2.79. The molecule has 0 aromatic heterocycles. The largest absolute Gasteiger partial charge is 0.497 e. The quantitative estimate of drug-likeness (QED) is 0.614. The number of hydrogen-bond donors (Lipinski definition) is 1. The lowest BCUT2D eigenvalue weighted by Gasteiger charge is -2.59. The van der Waals surface area contributed by atoms with Crippen LogP contribution in [0.25, 0.3) is 0 Å². The first-order valence-electron chi connectivity index (χ1n) is 12.1. The van der Waals surface area contributed by atoms with E-state index in [-0.39, 0.29) is 6.61 Å². The van der Waals surface area contributed by atoms with Crippen LogP contribution in [0.2, 0.25) is 0 Å². The second-order valence-corrected chi connectivity index (χ2v) is 10.2. The number of hydrogen-bond acceptors (Lipinski definition) is 7. The lowest BCUT2D eigenvalue weighted by molar-refractivity contribution is -0.236. The zero-order chi connectivity index (χ0) is 26.0. The highest BCUT2D eigenvalue weighted by atomic mass is 16.7. The van der Waals surface area contributed by atoms with Crippen molar-refractivity contribution in [1.29, 1.82) is 0 Å². The van der Waals surface area contributed by atoms with E-state index in [4.69, 9.17) is 18.9 Å². The van der Waals surface area contributed by atoms with Crippen LogP contribution >= 0.6 is 0 Å². The number of likely N-dealkylation sites (N-methyl/N-ethyl adjacent to an activating group) is 1. The zero-order valence-corrected chi connectivity index (χ0v) is 21.3. The van der Waals surface area contributed by atoms with E-state index in [9.17, 15) is 14.7 Å². The molecular formula is C27H32N2O7. The number of β-lactam (4-membered cyclic amide) rings is 1. The maximum Gasteiger partial charge on any atom is 0.267 e. The van der Waals surface area contributed by atoms with Crippen LogP contribution in [0.3, 0.4) is 0 Å². The van der Waals surface area contributed by atoms with Gasteiger partial charge in [0.05, 0.1) is 25.5 Å². The van der Waals surface area contributed by atoms with Gasteiger partial charge in [0, 0.05) is 18.3 Å². The third-order valence-electron chi connectivity index (χ3n) is 7.18. The van der Waals surface area contributed by atoms with E-state index in [0.29, 0.717) is 22.7 Å². The predicted molar refractivity (Wildman–Crippen MR) is 132 cm³/mol. The van der Waals surface area contributed by atoms with Gasteiger partial charge < -0.3 is 33.9 Å². The summed E-state index contributed by atoms with van der Waals surface area (Å²) in [6.07, 6.45) is -1.19. The lowest BCUT2D eigenvalue weighted by Crippen LogP contribution is -2.86. The molecule has 2 aromatic carbocycles. The van der Waals surface area contributed by atoms with Crippen molar-refractivity contribution >= 4 is 23.2 Å². The van der Waals surface area contributed by atoms with Gasteiger partial charge >= 0.3 is 0 Å². The van der Waals surface area contributed by atoms with Crippen molar-refractivity contribution in [2.24, 2.45) is 0 Å². The summed E-state index contributed by atoms with van der Waals surface area (Å²) in [6, 6.07) is 13.0. The smallest absolute Gasteiger partial charge is 0.267 e. The summed E-state index contributed by atoms with van der Waals surface area (Å²) in [5, 5.41) is 12.5. The van der Waals surface area contributed by atoms with Crippen molar-refractivity contribution < 1.29 is 33.6 Å². The van der Waals surface area contributed by atoms with E-state index < -0.39 is 47.1 Å². The lowest BCUT2D eigenvalue weighted by atomic mass is 9.64. The Labute approximate surface area is 210 Å². The van der Waals surface area contributed by atoms with Gasteiger partial charge in [0.2, 0.25) is 11.2 Å². The molecule has 2 aromatic rings. The third kappa shape index (κ3) is 3.23. The van der Waals surface area contributed by atoms with Gasteiger partial charge in [-0.1, -0.05) is 18.2 Å². The minimum atomic E-state index is -2.26. The second-order valence-electron chi connectivity index (χ2n) is 10.2. The first kappa shape index (κ1) is 24.7. The Morgan fingerprint density at radius 1 is 1.06 bits per heavy atom. The maximum absolute atomic E-state index is 14.1. The molecule has 5 rings (SSSR count). The van der Waals surface area contributed by atoms with Gasteiger partial charge in [-0.15, -0.1) is 0 Å². The summed E-state index contributed by atoms with van der Waals surface area (Å²) in [7, 11) is 3.18. The van der Waals surface area contributed by atoms with Gasteiger partial charge in [-0.2, -0.15) is 0 Å². The molecule has 2 fully saturated rings. The summed E-state index contributed by atoms with van der Waals surface area (Å²) in [5.41, 5.74) is -2.66. The summed E-state index contributed by atoms with van der Waals surface area (Å²) in [6.45, 7) is 7.22. The minimum Gasteiger partial charge on any atom is -0.497 e. The fourth-order valence-electron chi connectivity index (χ4n) is 5.69. The van der Waals surface area contributed by atoms with E-state index >= 15 is 0 Å². The van der Waals surface area contributed by atoms with Gasteiger partial charge in [-0.05, 0) is 58.0 Å². The summed E-state index contributed by atoms with van der Waals surface area (Å²) < 4.78 is 23.6. The Morgan fingerprint density at radius 2 is 1.72 bits per heavy atom. The van der Waals surface area contributed by atoms with Crippen LogP contribution in [-0.4, -0.2) is 67.3 Å². The van der Waals surface area contributed by atoms with Crippen molar-refractivity contribution in [3.63, 3.8) is 0 Å². The average Bonchev–Trinajstić information content (AvgIpc) is 3.31. The molecule has 0 unspecified atom stereocenters. The molecule has 1 N–H and O–H groups in total. The molecule has 0 aliphatic carbocycles. The Bertz CT molecular complexity index is 1200. The maximum atomic E-state index is 14.1. The molecule has 2 amide bonds. The number of rotatable bonds is 6. The number of para-hydroxylation sites is 1. The fraction of sp³-hybridized carbons (Fsp3) is 0.481. The van der Waals surface area contributed by atoms with Crippen molar-refractivity contribution in [3.05, 3.63) is 54.1 Å². The Morgan fingerprint density at radius 3 is 2.31 bits per heavy atom. The van der Waals surface area contributed by atoms with Gasteiger partial charge in [-0.3, -0.25) is 9.59 Å². The molecule has 3 heterocycles. The van der Waals surface area contributed by atoms with Crippen LogP contribution in [0.4, 0.5) is 11.4 Å². The molecule has 36 heavy (non-hydrogen) atoms. The molecule has 0 radical (unpaired) electrons. The first-order valence-corrected chi connectivity index (χ1v) is 12.1. The number of anilines is 2. The van der Waals surface area contributed by atoms with Crippen LogP contribution in [0.15, 0.2) is 48.5 Å². The average molecular weight is 497 g/mol. The monoisotopic (exact) mass is 496 g/mol. The van der Waals surface area contributed by atoms with Gasteiger partial charge in [-0.25, -0.2) is 0 Å². The number of amides is 2. The van der Waals surface area contributed by atoms with E-state index in [2.05, 4.69) is 0 Å². The third-order valence-corrected chi connectivity index (χ3v) is 7.18. The Balaban J connectivity index is 1.70. The van der Waals surface area contributed by atoms with Crippen molar-refractivity contribution in [2.75, 3.05) is 30.6 Å². The molecule has 0 bridgehead atoms. The Hall–Kier alpha value is -2.98. The SMILES string of the molecule is COc1ccc(N2C(=O)[C@@](O)([C@]3(OC(C)C)C(=O)N(C)c4ccccc43)[C@@H]2[C@H]2COC(C)(C)O2)cc1. The number of nitrogens with zero attached hydrogens (tertiary/aromatic N) is 2. The van der Waals surface area contributed by atoms with E-state index in [1.807, 2.05) is 0 Å². The van der Waals surface area contributed by atoms with Gasteiger partial charge in [0.1, 0.15) is 17.9 Å². The summed E-state index contributed by atoms with van der Waals surface area (Å²) >= 11 is 0. The molecular weight excluding hydrogens is 464 g/mol. The van der Waals surface area contributed by atoms with Crippen LogP contribution in [-0.2, 0) is 29.4 Å². The molecule has 0 saturated carbocycles. The standard InChI is InChI=1S/C27H32N2O7/c1-16(2)35-27(19-9-7-8-10-20(19)28(5)24(27)31)26(32)22(21-15-34-25(3,4)36-21)29(23(26)30)17-11-13-18(33-6)14-12-17/h7-14,16,21-22,32H,15H2,1-6H3/t21-,22+,26-,27-/m1/s1. The van der Waals surface area contributed by atoms with Crippen LogP contribution in [0, 0.1) is 0 Å². The second kappa shape index (κ2) is 8.27. The number of ether oxygens (including phenoxy) is 4. The summed E-state index contributed by atoms with van der Waals surface area (Å²) in [5.74, 6) is -1.45. The normalized spacial score (nSPS) is 31.1. The molecule has 2 saturated heterocycles. The number of carbonyl (C=O) groups excluding carboxylic acids is 2. The Kier molecular flexibility index (Phi) is 5.68. The molecule has 9 heteroatoms. The predicted octanol–water partition coefficient (Wildman–Crippen LogP) is 2.59. The number of methoxy groups -OCH3 is 1. The minimum absolute atomic E-state index is 0.128. The molecule has 3 aliphatic rings. The fourth-order valence-corrected chi connectivity index (χ4v) is 5.69. The van der Waals surface area contributed by atoms with Crippen LogP contribution in [0.5, 0.6) is 5.75 Å². The zero-order valence-electron chi connectivity index (χ0n) is 21.3. The number of fused-ring (bicyclic) bond motifs is 1. The van der Waals surface area contributed by atoms with Gasteiger partial charge in [0.25, 0.3) is 11.8 Å². The van der Waals surface area contributed by atoms with E-state index in [0.717, 1.165) is 0 Å². The first-order chi connectivity index (χ1) is 17.0. The number of carbonyl (C=O) groups is 2. The van der Waals surface area contributed by atoms with Crippen LogP contribution < -0.4 is 14.5 Å². The molecule has 0 spiro atoms. The molecule has 9 nitrogen and oxygen atoms in total.